The van der Waals surface area contributed by atoms with E-state index in [1.165, 1.54) is 0 Å². The molecule has 0 aromatic rings. The summed E-state index contributed by atoms with van der Waals surface area (Å²) in [5.74, 6) is -0.862. The molecule has 2 saturated carbocycles. The lowest BCUT2D eigenvalue weighted by Gasteiger charge is -2.41. The number of carbonyl (C=O) groups excluding carboxylic acids is 1. The number of nitrogens with one attached hydrogen (secondary N) is 1. The average molecular weight is 312 g/mol. The van der Waals surface area contributed by atoms with Crippen LogP contribution < -0.4 is 5.32 Å². The number of rotatable bonds is 5. The maximum atomic E-state index is 12.6. The van der Waals surface area contributed by atoms with E-state index in [9.17, 15) is 9.59 Å². The summed E-state index contributed by atoms with van der Waals surface area (Å²) in [5.41, 5.74) is -0.511. The molecular formula is C16H28N2O4. The van der Waals surface area contributed by atoms with Crippen molar-refractivity contribution < 1.29 is 19.4 Å². The Morgan fingerprint density at radius 2 is 1.82 bits per heavy atom. The van der Waals surface area contributed by atoms with E-state index >= 15 is 0 Å². The van der Waals surface area contributed by atoms with E-state index in [2.05, 4.69) is 5.32 Å². The lowest BCUT2D eigenvalue weighted by molar-refractivity contribution is -0.136. The van der Waals surface area contributed by atoms with Crippen molar-refractivity contribution in [3.8, 4) is 0 Å². The van der Waals surface area contributed by atoms with E-state index in [0.29, 0.717) is 0 Å². The van der Waals surface area contributed by atoms with Crippen molar-refractivity contribution in [3.63, 3.8) is 0 Å². The van der Waals surface area contributed by atoms with Crippen LogP contribution >= 0.6 is 0 Å². The standard InChI is InChI=1S/C16H28N2O4/c1-16(2,3)22-15(21)18(11-8-9-11)13-7-5-4-6-12(13)17-10-14(19)20/h11-13,17H,4-10H2,1-3H3,(H,19,20)/t12-,13-/m0/s1. The number of carboxylic acids is 1. The molecule has 0 heterocycles. The van der Waals surface area contributed by atoms with Crippen LogP contribution in [0.15, 0.2) is 0 Å². The highest BCUT2D eigenvalue weighted by Crippen LogP contribution is 2.35. The molecule has 2 atom stereocenters. The molecule has 0 spiro atoms. The molecule has 0 aromatic heterocycles. The van der Waals surface area contributed by atoms with Gasteiger partial charge in [0, 0.05) is 12.1 Å². The van der Waals surface area contributed by atoms with Crippen LogP contribution in [0.4, 0.5) is 4.79 Å². The molecule has 126 valence electrons. The Hall–Kier alpha value is -1.30. The molecule has 0 aromatic carbocycles. The Bertz CT molecular complexity index is 415. The first-order valence-electron chi connectivity index (χ1n) is 8.24. The minimum atomic E-state index is -0.862. The summed E-state index contributed by atoms with van der Waals surface area (Å²) in [5, 5.41) is 12.0. The molecule has 0 unspecified atom stereocenters. The largest absolute Gasteiger partial charge is 0.480 e. The van der Waals surface area contributed by atoms with Crippen molar-refractivity contribution in [2.45, 2.75) is 83.0 Å². The Labute approximate surface area is 132 Å². The van der Waals surface area contributed by atoms with Gasteiger partial charge in [0.2, 0.25) is 0 Å². The normalized spacial score (nSPS) is 25.6. The fraction of sp³-hybridized carbons (Fsp3) is 0.875. The molecule has 6 nitrogen and oxygen atoms in total. The van der Waals surface area contributed by atoms with Gasteiger partial charge in [-0.15, -0.1) is 0 Å². The van der Waals surface area contributed by atoms with Crippen LogP contribution in [-0.2, 0) is 9.53 Å². The fourth-order valence-corrected chi connectivity index (χ4v) is 3.12. The lowest BCUT2D eigenvalue weighted by Crippen LogP contribution is -2.56. The van der Waals surface area contributed by atoms with Crippen LogP contribution in [0.2, 0.25) is 0 Å². The zero-order valence-electron chi connectivity index (χ0n) is 13.8. The van der Waals surface area contributed by atoms with Crippen LogP contribution in [0.25, 0.3) is 0 Å². The Morgan fingerprint density at radius 1 is 1.18 bits per heavy atom. The number of hydrogen-bond acceptors (Lipinski definition) is 4. The van der Waals surface area contributed by atoms with Crippen LogP contribution in [0.1, 0.15) is 59.3 Å². The molecule has 0 bridgehead atoms. The summed E-state index contributed by atoms with van der Waals surface area (Å²) in [6, 6.07) is 0.334. The maximum absolute atomic E-state index is 12.6. The molecule has 2 aliphatic carbocycles. The Morgan fingerprint density at radius 3 is 2.36 bits per heavy atom. The first kappa shape index (κ1) is 17.1. The van der Waals surface area contributed by atoms with Gasteiger partial charge in [0.1, 0.15) is 5.60 Å². The smallest absolute Gasteiger partial charge is 0.410 e. The second-order valence-corrected chi connectivity index (χ2v) is 7.35. The van der Waals surface area contributed by atoms with Crippen molar-refractivity contribution in [2.24, 2.45) is 0 Å². The molecule has 2 N–H and O–H groups in total. The quantitative estimate of drug-likeness (QED) is 0.815. The average Bonchev–Trinajstić information content (AvgIpc) is 3.20. The van der Waals surface area contributed by atoms with Gasteiger partial charge in [0.25, 0.3) is 0 Å². The topological polar surface area (TPSA) is 78.9 Å². The summed E-state index contributed by atoms with van der Waals surface area (Å²) in [6.45, 7) is 5.55. The van der Waals surface area contributed by atoms with Gasteiger partial charge >= 0.3 is 12.1 Å². The second-order valence-electron chi connectivity index (χ2n) is 7.35. The molecule has 22 heavy (non-hydrogen) atoms. The van der Waals surface area contributed by atoms with Gasteiger partial charge in [-0.2, -0.15) is 0 Å². The zero-order valence-corrected chi connectivity index (χ0v) is 13.8. The van der Waals surface area contributed by atoms with E-state index in [-0.39, 0.29) is 30.8 Å². The second kappa shape index (κ2) is 6.86. The fourth-order valence-electron chi connectivity index (χ4n) is 3.12. The summed E-state index contributed by atoms with van der Waals surface area (Å²) in [6.07, 6.45) is 5.73. The van der Waals surface area contributed by atoms with E-state index < -0.39 is 11.6 Å². The first-order valence-corrected chi connectivity index (χ1v) is 8.24. The van der Waals surface area contributed by atoms with E-state index in [0.717, 1.165) is 38.5 Å². The summed E-state index contributed by atoms with van der Waals surface area (Å²) in [4.78, 5) is 25.3. The molecule has 6 heteroatoms. The monoisotopic (exact) mass is 312 g/mol. The third kappa shape index (κ3) is 4.87. The number of nitrogens with zero attached hydrogens (tertiary/aromatic N) is 1. The van der Waals surface area contributed by atoms with Crippen LogP contribution in [-0.4, -0.2) is 52.3 Å². The predicted molar refractivity (Wildman–Crippen MR) is 82.8 cm³/mol. The van der Waals surface area contributed by atoms with Gasteiger partial charge in [-0.25, -0.2) is 4.79 Å². The highest BCUT2D eigenvalue weighted by Gasteiger charge is 2.43. The van der Waals surface area contributed by atoms with Crippen LogP contribution in [0.3, 0.4) is 0 Å². The van der Waals surface area contributed by atoms with Gasteiger partial charge in [-0.3, -0.25) is 4.79 Å². The number of ether oxygens (including phenoxy) is 1. The number of amides is 1. The van der Waals surface area contributed by atoms with Gasteiger partial charge in [0.15, 0.2) is 0 Å². The van der Waals surface area contributed by atoms with E-state index in [4.69, 9.17) is 9.84 Å². The SMILES string of the molecule is CC(C)(C)OC(=O)N(C1CC1)[C@H]1CCCC[C@@H]1NCC(=O)O. The molecule has 2 rings (SSSR count). The summed E-state index contributed by atoms with van der Waals surface area (Å²) in [7, 11) is 0. The molecule has 1 amide bonds. The number of aliphatic carboxylic acids is 1. The number of carbonyl (C=O) groups is 2. The minimum Gasteiger partial charge on any atom is -0.480 e. The summed E-state index contributed by atoms with van der Waals surface area (Å²) >= 11 is 0. The lowest BCUT2D eigenvalue weighted by atomic mass is 9.89. The van der Waals surface area contributed by atoms with Crippen LogP contribution in [0, 0.1) is 0 Å². The van der Waals surface area contributed by atoms with Gasteiger partial charge in [-0.1, -0.05) is 12.8 Å². The third-order valence-electron chi connectivity index (χ3n) is 4.15. The van der Waals surface area contributed by atoms with Crippen molar-refractivity contribution >= 4 is 12.1 Å². The predicted octanol–water partition coefficient (Wildman–Crippen LogP) is 2.37. The van der Waals surface area contributed by atoms with Gasteiger partial charge in [-0.05, 0) is 46.5 Å². The maximum Gasteiger partial charge on any atom is 0.410 e. The minimum absolute atomic E-state index is 0.0375. The van der Waals surface area contributed by atoms with Gasteiger partial charge < -0.3 is 20.1 Å². The number of hydrogen-bond donors (Lipinski definition) is 2. The van der Waals surface area contributed by atoms with Gasteiger partial charge in [0.05, 0.1) is 12.6 Å². The van der Waals surface area contributed by atoms with Crippen molar-refractivity contribution in [1.82, 2.24) is 10.2 Å². The molecule has 2 fully saturated rings. The highest BCUT2D eigenvalue weighted by atomic mass is 16.6. The van der Waals surface area contributed by atoms with Crippen molar-refractivity contribution in [1.29, 1.82) is 0 Å². The third-order valence-corrected chi connectivity index (χ3v) is 4.15. The zero-order chi connectivity index (χ0) is 16.3. The first-order chi connectivity index (χ1) is 10.3. The molecular weight excluding hydrogens is 284 g/mol. The van der Waals surface area contributed by atoms with Crippen LogP contribution in [0.5, 0.6) is 0 Å². The summed E-state index contributed by atoms with van der Waals surface area (Å²) < 4.78 is 5.57. The molecule has 0 radical (unpaired) electrons. The van der Waals surface area contributed by atoms with Crippen molar-refractivity contribution in [3.05, 3.63) is 0 Å². The Kier molecular flexibility index (Phi) is 5.32. The highest BCUT2D eigenvalue weighted by molar-refractivity contribution is 5.70. The number of carboxylic acid groups (broad SMARTS) is 1. The van der Waals surface area contributed by atoms with E-state index in [1.54, 1.807) is 0 Å². The molecule has 0 saturated heterocycles. The van der Waals surface area contributed by atoms with Crippen molar-refractivity contribution in [2.75, 3.05) is 6.54 Å². The molecule has 2 aliphatic rings. The Balaban J connectivity index is 2.07. The molecule has 0 aliphatic heterocycles. The van der Waals surface area contributed by atoms with E-state index in [1.807, 2.05) is 25.7 Å².